The molecule has 0 spiro atoms. The van der Waals surface area contributed by atoms with Gasteiger partial charge in [0, 0.05) is 26.3 Å². The first kappa shape index (κ1) is 26.3. The molecule has 0 aliphatic carbocycles. The Bertz CT molecular complexity index is 1400. The lowest BCUT2D eigenvalue weighted by molar-refractivity contribution is -0.432. The number of amides is 1. The number of fused-ring (bicyclic) bond motifs is 1. The molecule has 0 saturated heterocycles. The van der Waals surface area contributed by atoms with E-state index in [1.165, 1.54) is 0 Å². The van der Waals surface area contributed by atoms with Gasteiger partial charge in [0.1, 0.15) is 0 Å². The summed E-state index contributed by atoms with van der Waals surface area (Å²) in [6.07, 6.45) is 0.601. The Balaban J connectivity index is 1.63. The highest BCUT2D eigenvalue weighted by Gasteiger charge is 2.09. The molecule has 1 amide bonds. The van der Waals surface area contributed by atoms with Gasteiger partial charge in [-0.15, -0.1) is 18.9 Å². The molecule has 0 atom stereocenters. The molecular weight excluding hydrogens is 522 g/mol. The topological polar surface area (TPSA) is 156 Å². The molecule has 0 radical (unpaired) electrons. The van der Waals surface area contributed by atoms with Crippen LogP contribution in [0.1, 0.15) is 0 Å². The van der Waals surface area contributed by atoms with E-state index in [0.717, 1.165) is 29.5 Å². The average Bonchev–Trinajstić information content (AvgIpc) is 2.94. The highest BCUT2D eigenvalue weighted by molar-refractivity contribution is 7.94. The van der Waals surface area contributed by atoms with Crippen molar-refractivity contribution in [1.29, 1.82) is 0 Å². The SMILES string of the molecule is O=CNc1ccc(N=Nc2ccc(N=Nc3ccc(SOOO)cc3)c3cc(SOOO)ccc23)cc1. The van der Waals surface area contributed by atoms with E-state index in [4.69, 9.17) is 10.5 Å². The normalized spacial score (nSPS) is 11.5. The van der Waals surface area contributed by atoms with E-state index in [1.54, 1.807) is 72.8 Å². The molecule has 37 heavy (non-hydrogen) atoms. The summed E-state index contributed by atoms with van der Waals surface area (Å²) < 4.78 is 8.95. The first-order valence-corrected chi connectivity index (χ1v) is 11.8. The Labute approximate surface area is 218 Å². The van der Waals surface area contributed by atoms with Crippen molar-refractivity contribution in [2.24, 2.45) is 20.5 Å². The fraction of sp³-hybridized carbons (Fsp3) is 0. The van der Waals surface area contributed by atoms with Crippen LogP contribution in [0.5, 0.6) is 0 Å². The quantitative estimate of drug-likeness (QED) is 0.0532. The van der Waals surface area contributed by atoms with Crippen molar-refractivity contribution in [2.75, 3.05) is 5.32 Å². The third-order valence-electron chi connectivity index (χ3n) is 4.74. The molecule has 0 unspecified atom stereocenters. The third-order valence-corrected chi connectivity index (χ3v) is 5.91. The average molecular weight is 540 g/mol. The lowest BCUT2D eigenvalue weighted by Gasteiger charge is -2.07. The van der Waals surface area contributed by atoms with Crippen LogP contribution in [0.2, 0.25) is 0 Å². The van der Waals surface area contributed by atoms with Crippen molar-refractivity contribution < 1.29 is 34.1 Å². The number of carbonyl (C=O) groups excluding carboxylic acids is 1. The second-order valence-corrected chi connectivity index (χ2v) is 8.51. The van der Waals surface area contributed by atoms with Crippen molar-refractivity contribution in [3.8, 4) is 0 Å². The molecule has 0 aromatic heterocycles. The largest absolute Gasteiger partial charge is 0.329 e. The van der Waals surface area contributed by atoms with E-state index in [2.05, 4.69) is 44.5 Å². The van der Waals surface area contributed by atoms with E-state index in [9.17, 15) is 4.79 Å². The summed E-state index contributed by atoms with van der Waals surface area (Å²) in [5.74, 6) is 0. The summed E-state index contributed by atoms with van der Waals surface area (Å²) in [5.41, 5.74) is 2.98. The standard InChI is InChI=1S/C23H17N5O7S2/c29-14-24-15-1-3-16(4-2-15)25-27-22-11-12-23(21-13-19(37-35-33-31)9-10-20(21)22)28-26-17-5-7-18(8-6-17)36-34-32-30/h1-14,30-31H,(H,24,29). The minimum Gasteiger partial charge on any atom is -0.329 e. The second-order valence-electron chi connectivity index (χ2n) is 6.97. The number of carbonyl (C=O) groups is 1. The Morgan fingerprint density at radius 1 is 0.649 bits per heavy atom. The van der Waals surface area contributed by atoms with Crippen LogP contribution >= 0.6 is 24.1 Å². The highest BCUT2D eigenvalue weighted by atomic mass is 32.2. The molecule has 0 heterocycles. The van der Waals surface area contributed by atoms with Crippen LogP contribution in [0.4, 0.5) is 28.4 Å². The van der Waals surface area contributed by atoms with E-state index < -0.39 is 0 Å². The fourth-order valence-electron chi connectivity index (χ4n) is 3.12. The first-order chi connectivity index (χ1) is 18.2. The maximum Gasteiger partial charge on any atom is 0.211 e. The number of rotatable bonds is 12. The van der Waals surface area contributed by atoms with Gasteiger partial charge in [-0.2, -0.15) is 10.2 Å². The maximum absolute atomic E-state index is 10.6. The first-order valence-electron chi connectivity index (χ1n) is 10.3. The maximum atomic E-state index is 10.6. The van der Waals surface area contributed by atoms with Crippen LogP contribution in [-0.4, -0.2) is 16.9 Å². The molecule has 4 aromatic carbocycles. The van der Waals surface area contributed by atoms with Crippen LogP contribution in [-0.2, 0) is 23.5 Å². The molecule has 4 aromatic rings. The molecule has 0 aliphatic rings. The molecule has 0 fully saturated rings. The van der Waals surface area contributed by atoms with Crippen LogP contribution in [0.25, 0.3) is 10.8 Å². The zero-order valence-corrected chi connectivity index (χ0v) is 20.3. The number of hydrogen-bond donors (Lipinski definition) is 3. The number of azo groups is 2. The molecular formula is C23H17N5O7S2. The molecule has 0 aliphatic heterocycles. The van der Waals surface area contributed by atoms with Gasteiger partial charge in [-0.05, 0) is 72.8 Å². The Hall–Kier alpha value is -3.73. The second kappa shape index (κ2) is 13.5. The van der Waals surface area contributed by atoms with Crippen LogP contribution in [0.15, 0.2) is 109 Å². The number of anilines is 1. The molecule has 188 valence electrons. The van der Waals surface area contributed by atoms with Crippen molar-refractivity contribution in [3.63, 3.8) is 0 Å². The van der Waals surface area contributed by atoms with Crippen LogP contribution < -0.4 is 5.32 Å². The molecule has 3 N–H and O–H groups in total. The summed E-state index contributed by atoms with van der Waals surface area (Å²) in [4.78, 5) is 11.9. The zero-order valence-electron chi connectivity index (χ0n) is 18.6. The summed E-state index contributed by atoms with van der Waals surface area (Å²) in [5, 5.41) is 45.4. The Kier molecular flexibility index (Phi) is 9.64. The predicted octanol–water partition coefficient (Wildman–Crippen LogP) is 8.10. The molecule has 12 nitrogen and oxygen atoms in total. The van der Waals surface area contributed by atoms with Gasteiger partial charge in [0.05, 0.1) is 46.8 Å². The molecule has 0 bridgehead atoms. The fourth-order valence-corrected chi connectivity index (χ4v) is 3.87. The van der Waals surface area contributed by atoms with Gasteiger partial charge in [0.2, 0.25) is 6.41 Å². The van der Waals surface area contributed by atoms with E-state index in [-0.39, 0.29) is 0 Å². The number of hydrogen-bond acceptors (Lipinski definition) is 13. The summed E-state index contributed by atoms with van der Waals surface area (Å²) in [6, 6.07) is 22.7. The molecule has 4 rings (SSSR count). The molecule has 0 saturated carbocycles. The predicted molar refractivity (Wildman–Crippen MR) is 136 cm³/mol. The smallest absolute Gasteiger partial charge is 0.211 e. The summed E-state index contributed by atoms with van der Waals surface area (Å²) in [6.45, 7) is 0. The summed E-state index contributed by atoms with van der Waals surface area (Å²) >= 11 is 1.65. The lowest BCUT2D eigenvalue weighted by atomic mass is 10.1. The van der Waals surface area contributed by atoms with Crippen LogP contribution in [0.3, 0.4) is 0 Å². The minimum atomic E-state index is 0.557. The number of nitrogens with one attached hydrogen (secondary N) is 1. The Morgan fingerprint density at radius 3 is 1.78 bits per heavy atom. The van der Waals surface area contributed by atoms with Gasteiger partial charge in [0.25, 0.3) is 0 Å². The number of nitrogens with zero attached hydrogens (tertiary/aromatic N) is 4. The van der Waals surface area contributed by atoms with Crippen molar-refractivity contribution in [2.45, 2.75) is 9.79 Å². The lowest BCUT2D eigenvalue weighted by Crippen LogP contribution is -1.91. The highest BCUT2D eigenvalue weighted by Crippen LogP contribution is 2.38. The van der Waals surface area contributed by atoms with E-state index in [0.29, 0.717) is 50.0 Å². The van der Waals surface area contributed by atoms with E-state index >= 15 is 0 Å². The van der Waals surface area contributed by atoms with Crippen molar-refractivity contribution in [3.05, 3.63) is 78.9 Å². The summed E-state index contributed by atoms with van der Waals surface area (Å²) in [7, 11) is 0. The van der Waals surface area contributed by atoms with Crippen molar-refractivity contribution in [1.82, 2.24) is 0 Å². The minimum absolute atomic E-state index is 0.557. The van der Waals surface area contributed by atoms with Gasteiger partial charge in [-0.1, -0.05) is 16.1 Å². The van der Waals surface area contributed by atoms with Gasteiger partial charge < -0.3 is 5.32 Å². The van der Waals surface area contributed by atoms with Gasteiger partial charge in [-0.25, -0.2) is 10.5 Å². The number of benzene rings is 4. The van der Waals surface area contributed by atoms with Gasteiger partial charge in [-0.3, -0.25) is 4.79 Å². The van der Waals surface area contributed by atoms with Gasteiger partial charge >= 0.3 is 0 Å². The monoisotopic (exact) mass is 539 g/mol. The Morgan fingerprint density at radius 2 is 1.19 bits per heavy atom. The van der Waals surface area contributed by atoms with Crippen LogP contribution in [0, 0.1) is 0 Å². The third kappa shape index (κ3) is 7.39. The van der Waals surface area contributed by atoms with Gasteiger partial charge in [0.15, 0.2) is 0 Å². The zero-order chi connectivity index (χ0) is 25.9. The van der Waals surface area contributed by atoms with Crippen molar-refractivity contribution >= 4 is 69.7 Å². The molecule has 14 heteroatoms. The van der Waals surface area contributed by atoms with E-state index in [1.807, 2.05) is 6.07 Å².